The highest BCUT2D eigenvalue weighted by molar-refractivity contribution is 6.30. The minimum Gasteiger partial charge on any atom is -0.360 e. The normalized spacial score (nSPS) is 10.7. The number of hydrogen-bond donors (Lipinski definition) is 2. The van der Waals surface area contributed by atoms with E-state index in [0.29, 0.717) is 16.3 Å². The Morgan fingerprint density at radius 1 is 1.00 bits per heavy atom. The second-order valence-electron chi connectivity index (χ2n) is 5.67. The Morgan fingerprint density at radius 3 is 2.64 bits per heavy atom. The molecule has 0 unspecified atom stereocenters. The predicted molar refractivity (Wildman–Crippen MR) is 99.5 cm³/mol. The molecule has 0 amide bonds. The highest BCUT2D eigenvalue weighted by Gasteiger charge is 2.14. The molecule has 0 spiro atoms. The third-order valence-corrected chi connectivity index (χ3v) is 4.40. The van der Waals surface area contributed by atoms with Crippen LogP contribution in [0.2, 0.25) is 5.02 Å². The first-order valence-electron chi connectivity index (χ1n) is 7.67. The lowest BCUT2D eigenvalue weighted by Gasteiger charge is -2.08. The molecule has 0 fully saturated rings. The molecule has 0 aliphatic rings. The van der Waals surface area contributed by atoms with Gasteiger partial charge in [-0.3, -0.25) is 4.79 Å². The van der Waals surface area contributed by atoms with Crippen LogP contribution in [0.1, 0.15) is 5.56 Å². The molecule has 2 heterocycles. The van der Waals surface area contributed by atoms with Crippen molar-refractivity contribution in [2.24, 2.45) is 0 Å². The van der Waals surface area contributed by atoms with Crippen molar-refractivity contribution in [3.05, 3.63) is 81.7 Å². The van der Waals surface area contributed by atoms with Crippen molar-refractivity contribution >= 4 is 22.5 Å². The molecule has 2 N–H and O–H groups in total. The highest BCUT2D eigenvalue weighted by atomic mass is 35.5. The summed E-state index contributed by atoms with van der Waals surface area (Å²) in [4.78, 5) is 18.5. The van der Waals surface area contributed by atoms with E-state index in [1.54, 1.807) is 18.2 Å². The zero-order valence-electron chi connectivity index (χ0n) is 13.0. The molecule has 0 aliphatic heterocycles. The Labute approximate surface area is 148 Å². The van der Waals surface area contributed by atoms with Gasteiger partial charge in [0.1, 0.15) is 11.6 Å². The van der Waals surface area contributed by atoms with Gasteiger partial charge in [0.2, 0.25) is 0 Å². The molecule has 4 aromatic rings. The maximum atomic E-state index is 12.5. The van der Waals surface area contributed by atoms with Gasteiger partial charge >= 0.3 is 0 Å². The molecule has 0 atom stereocenters. The second kappa shape index (κ2) is 5.97. The van der Waals surface area contributed by atoms with Gasteiger partial charge in [-0.05, 0) is 29.8 Å². The van der Waals surface area contributed by atoms with Gasteiger partial charge in [-0.15, -0.1) is 0 Å². The molecule has 0 radical (unpaired) electrons. The van der Waals surface area contributed by atoms with Crippen LogP contribution in [0.4, 0.5) is 0 Å². The van der Waals surface area contributed by atoms with Crippen LogP contribution < -0.4 is 5.56 Å². The Hall–Kier alpha value is -3.29. The quantitative estimate of drug-likeness (QED) is 0.552. The molecule has 4 rings (SSSR count). The van der Waals surface area contributed by atoms with Crippen molar-refractivity contribution in [2.75, 3.05) is 0 Å². The summed E-state index contributed by atoms with van der Waals surface area (Å²) in [6.45, 7) is 0. The third kappa shape index (κ3) is 2.61. The number of aromatic amines is 2. The Morgan fingerprint density at radius 2 is 1.84 bits per heavy atom. The van der Waals surface area contributed by atoms with E-state index in [-0.39, 0.29) is 5.56 Å². The fraction of sp³-hybridized carbons (Fsp3) is 0. The zero-order chi connectivity index (χ0) is 17.4. The first kappa shape index (κ1) is 15.3. The SMILES string of the molecule is N#Cc1c(-c2cccc(Cl)c2)cc(-c2c[nH]c3ccccc23)[nH]c1=O. The molecule has 0 saturated heterocycles. The van der Waals surface area contributed by atoms with Gasteiger partial charge in [0.15, 0.2) is 0 Å². The Balaban J connectivity index is 2.00. The van der Waals surface area contributed by atoms with Gasteiger partial charge in [0.25, 0.3) is 5.56 Å². The summed E-state index contributed by atoms with van der Waals surface area (Å²) in [5.74, 6) is 0. The largest absolute Gasteiger partial charge is 0.360 e. The number of para-hydroxylation sites is 1. The number of nitrogens with one attached hydrogen (secondary N) is 2. The number of fused-ring (bicyclic) bond motifs is 1. The van der Waals surface area contributed by atoms with Gasteiger partial charge in [-0.25, -0.2) is 0 Å². The fourth-order valence-electron chi connectivity index (χ4n) is 2.99. The maximum Gasteiger partial charge on any atom is 0.266 e. The maximum absolute atomic E-state index is 12.5. The van der Waals surface area contributed by atoms with Gasteiger partial charge in [-0.2, -0.15) is 5.26 Å². The molecule has 4 nitrogen and oxygen atoms in total. The molecule has 2 aromatic heterocycles. The fourth-order valence-corrected chi connectivity index (χ4v) is 3.18. The van der Waals surface area contributed by atoms with Crippen molar-refractivity contribution in [3.8, 4) is 28.5 Å². The molecule has 0 saturated carbocycles. The number of halogens is 1. The summed E-state index contributed by atoms with van der Waals surface area (Å²) in [5.41, 5.74) is 3.46. The number of nitrogens with zero attached hydrogens (tertiary/aromatic N) is 1. The molecule has 5 heteroatoms. The molecular formula is C20H12ClN3O. The van der Waals surface area contributed by atoms with Gasteiger partial charge in [-0.1, -0.05) is 41.9 Å². The Bertz CT molecular complexity index is 1200. The molecule has 0 bridgehead atoms. The summed E-state index contributed by atoms with van der Waals surface area (Å²) in [6.07, 6.45) is 1.85. The summed E-state index contributed by atoms with van der Waals surface area (Å²) in [7, 11) is 0. The standard InChI is InChI=1S/C20H12ClN3O/c21-13-5-3-4-12(8-13)15-9-19(24-20(25)16(15)10-22)17-11-23-18-7-2-1-6-14(17)18/h1-9,11,23H,(H,24,25). The average molecular weight is 346 g/mol. The number of H-pyrrole nitrogens is 2. The number of benzene rings is 2. The molecular weight excluding hydrogens is 334 g/mol. The van der Waals surface area contributed by atoms with Crippen LogP contribution in [0.25, 0.3) is 33.3 Å². The van der Waals surface area contributed by atoms with Crippen LogP contribution in [0.15, 0.2) is 65.6 Å². The van der Waals surface area contributed by atoms with E-state index in [4.69, 9.17) is 11.6 Å². The summed E-state index contributed by atoms with van der Waals surface area (Å²) >= 11 is 6.07. The van der Waals surface area contributed by atoms with E-state index in [9.17, 15) is 10.1 Å². The van der Waals surface area contributed by atoms with Crippen LogP contribution in [0.5, 0.6) is 0 Å². The third-order valence-electron chi connectivity index (χ3n) is 4.16. The summed E-state index contributed by atoms with van der Waals surface area (Å²) in [5, 5.41) is 11.0. The van der Waals surface area contributed by atoms with E-state index >= 15 is 0 Å². The minimum absolute atomic E-state index is 0.0749. The highest BCUT2D eigenvalue weighted by Crippen LogP contribution is 2.31. The van der Waals surface area contributed by atoms with Crippen molar-refractivity contribution < 1.29 is 0 Å². The minimum atomic E-state index is -0.416. The van der Waals surface area contributed by atoms with Crippen LogP contribution in [-0.2, 0) is 0 Å². The lowest BCUT2D eigenvalue weighted by atomic mass is 9.99. The van der Waals surface area contributed by atoms with E-state index in [1.165, 1.54) is 0 Å². The van der Waals surface area contributed by atoms with Crippen molar-refractivity contribution in [2.45, 2.75) is 0 Å². The zero-order valence-corrected chi connectivity index (χ0v) is 13.8. The monoisotopic (exact) mass is 345 g/mol. The van der Waals surface area contributed by atoms with E-state index in [0.717, 1.165) is 22.0 Å². The lowest BCUT2D eigenvalue weighted by molar-refractivity contribution is 1.22. The first-order chi connectivity index (χ1) is 12.2. The van der Waals surface area contributed by atoms with Crippen LogP contribution in [-0.4, -0.2) is 9.97 Å². The molecule has 2 aromatic carbocycles. The molecule has 25 heavy (non-hydrogen) atoms. The number of pyridine rings is 1. The van der Waals surface area contributed by atoms with Crippen LogP contribution in [0, 0.1) is 11.3 Å². The number of nitriles is 1. The smallest absolute Gasteiger partial charge is 0.266 e. The first-order valence-corrected chi connectivity index (χ1v) is 8.05. The van der Waals surface area contributed by atoms with Crippen LogP contribution >= 0.6 is 11.6 Å². The topological polar surface area (TPSA) is 72.4 Å². The van der Waals surface area contributed by atoms with Gasteiger partial charge in [0, 0.05) is 33.2 Å². The lowest BCUT2D eigenvalue weighted by Crippen LogP contribution is -2.12. The second-order valence-corrected chi connectivity index (χ2v) is 6.11. The number of aromatic nitrogens is 2. The molecule has 0 aliphatic carbocycles. The summed E-state index contributed by atoms with van der Waals surface area (Å²) in [6, 6.07) is 18.8. The van der Waals surface area contributed by atoms with Crippen molar-refractivity contribution in [3.63, 3.8) is 0 Å². The van der Waals surface area contributed by atoms with Crippen molar-refractivity contribution in [1.29, 1.82) is 5.26 Å². The van der Waals surface area contributed by atoms with Crippen molar-refractivity contribution in [1.82, 2.24) is 9.97 Å². The Kier molecular flexibility index (Phi) is 3.64. The van der Waals surface area contributed by atoms with Crippen LogP contribution in [0.3, 0.4) is 0 Å². The predicted octanol–water partition coefficient (Wildman–Crippen LogP) is 4.72. The average Bonchev–Trinajstić information content (AvgIpc) is 3.05. The number of hydrogen-bond acceptors (Lipinski definition) is 2. The van der Waals surface area contributed by atoms with Gasteiger partial charge in [0.05, 0.1) is 5.69 Å². The number of rotatable bonds is 2. The van der Waals surface area contributed by atoms with E-state index in [1.807, 2.05) is 48.7 Å². The van der Waals surface area contributed by atoms with Gasteiger partial charge < -0.3 is 9.97 Å². The molecule has 120 valence electrons. The van der Waals surface area contributed by atoms with E-state index < -0.39 is 5.56 Å². The van der Waals surface area contributed by atoms with E-state index in [2.05, 4.69) is 9.97 Å². The summed E-state index contributed by atoms with van der Waals surface area (Å²) < 4.78 is 0.